The molecule has 1 saturated heterocycles. The highest BCUT2D eigenvalue weighted by Crippen LogP contribution is 2.23. The molecule has 670 valence electrons. The number of likely N-dealkylation sites (N-methyl/N-ethyl adjacent to an activating group) is 5. The molecule has 11 atom stereocenters. The van der Waals surface area contributed by atoms with E-state index in [0.29, 0.717) is 40.7 Å². The van der Waals surface area contributed by atoms with Crippen LogP contribution in [0.25, 0.3) is 0 Å². The first-order chi connectivity index (χ1) is 58.7. The molecule has 0 saturated carbocycles. The number of carbonyl (C=O) groups excluding carboxylic acids is 15. The minimum Gasteiger partial charge on any atom is -0.508 e. The van der Waals surface area contributed by atoms with E-state index in [1.165, 1.54) is 97.6 Å². The topological polar surface area (TPSA) is 522 Å². The van der Waals surface area contributed by atoms with E-state index in [-0.39, 0.29) is 56.4 Å². The first-order valence-corrected chi connectivity index (χ1v) is 41.8. The fraction of sp³-hybridized carbons (Fsp3) is 0.460. The second kappa shape index (κ2) is 49.2. The molecule has 0 aliphatic carbocycles. The lowest BCUT2D eigenvalue weighted by Gasteiger charge is -2.37. The first kappa shape index (κ1) is 99.9. The van der Waals surface area contributed by atoms with E-state index in [1.807, 2.05) is 6.92 Å². The number of hydrogen-bond donors (Lipinski definition) is 14. The van der Waals surface area contributed by atoms with Crippen molar-refractivity contribution in [1.29, 1.82) is 0 Å². The second-order valence-corrected chi connectivity index (χ2v) is 32.5. The predicted molar refractivity (Wildman–Crippen MR) is 457 cm³/mol. The molecule has 124 heavy (non-hydrogen) atoms. The number of unbranched alkanes of at least 4 members (excludes halogenated alkanes) is 1. The third-order valence-corrected chi connectivity index (χ3v) is 21.6. The van der Waals surface area contributed by atoms with Gasteiger partial charge >= 0.3 is 11.9 Å². The lowest BCUT2D eigenvalue weighted by atomic mass is 9.98. The average Bonchev–Trinajstić information content (AvgIpc) is 0.992. The number of hydrogen-bond acceptors (Lipinski definition) is 20. The van der Waals surface area contributed by atoms with E-state index in [9.17, 15) is 78.0 Å². The summed E-state index contributed by atoms with van der Waals surface area (Å²) in [5.74, 6) is -19.8. The van der Waals surface area contributed by atoms with Crippen LogP contribution in [-0.4, -0.2) is 278 Å². The Kier molecular flexibility index (Phi) is 39.6. The maximum absolute atomic E-state index is 15.5. The number of carboxylic acid groups (broad SMARTS) is 2. The number of nitrogens with two attached hydrogens (primary N) is 1. The lowest BCUT2D eigenvalue weighted by molar-refractivity contribution is -0.151. The van der Waals surface area contributed by atoms with Gasteiger partial charge in [0.1, 0.15) is 78.0 Å². The molecule has 6 rings (SSSR count). The lowest BCUT2D eigenvalue weighted by Crippen LogP contribution is -2.61. The summed E-state index contributed by atoms with van der Waals surface area (Å²) >= 11 is 0.798. The van der Waals surface area contributed by atoms with Crippen LogP contribution in [0.1, 0.15) is 107 Å². The van der Waals surface area contributed by atoms with Crippen LogP contribution in [0.3, 0.4) is 0 Å². The maximum atomic E-state index is 15.5. The Hall–Kier alpha value is -13.0. The van der Waals surface area contributed by atoms with E-state index in [1.54, 1.807) is 105 Å². The minimum atomic E-state index is -1.92. The smallest absolute Gasteiger partial charge is 0.305 e. The Labute approximate surface area is 724 Å². The van der Waals surface area contributed by atoms with Crippen LogP contribution >= 0.6 is 11.8 Å². The van der Waals surface area contributed by atoms with Gasteiger partial charge in [-0.05, 0) is 83.2 Å². The summed E-state index contributed by atoms with van der Waals surface area (Å²) in [7, 11) is 6.37. The molecule has 0 radical (unpaired) electrons. The van der Waals surface area contributed by atoms with Crippen molar-refractivity contribution in [3.05, 3.63) is 167 Å². The number of amides is 15. The number of thioether (sulfide) groups is 1. The standard InChI is InChI=1S/C87H115N15O21S/c1-11-12-28-67-85(121)99(7)48-72(107)91-63(45-75(111)112)81(117)97-76(52(4)5)87(123)101(9)68(43-54-24-18-14-19-25-54)82(118)95-64(42-57-31-35-59(104)36-32-57)83(119)98(6)47-71(106)90-60(37-38-74(109)110)78(114)94-62(40-56-29-33-58(103)34-30-56)80(116)93-61(39-51(2)3)79(115)96-66(77(113)89-46-70(88)105)49-124-50-73(108)92-65(41-53-22-16-13-17-23-53)84(120)102(10)69(86(122)100(67)8)44-55-26-20-15-21-27-55/h13-27,29-36,51-52,60-69,76,103-104H,11-12,28,37-50H2,1-10H3,(H2,88,105)(H,89,113)(H,90,106)(H,91,107)(H,92,108)(H,93,116)(H,94,114)(H,95,118)(H,96,115)(H,97,117)(H,109,110)(H,111,112)/t60-,61-,62-,63-,64-,65-,66-,67-,68-,69-,76-/m0/s1. The van der Waals surface area contributed by atoms with E-state index in [2.05, 4.69) is 47.9 Å². The number of aliphatic carboxylic acids is 2. The van der Waals surface area contributed by atoms with Crippen LogP contribution in [0.4, 0.5) is 0 Å². The summed E-state index contributed by atoms with van der Waals surface area (Å²) in [6, 6.07) is 19.0. The molecule has 0 unspecified atom stereocenters. The Bertz CT molecular complexity index is 4530. The van der Waals surface area contributed by atoms with E-state index >= 15 is 24.0 Å². The molecule has 15 N–H and O–H groups in total. The highest BCUT2D eigenvalue weighted by Gasteiger charge is 2.42. The van der Waals surface area contributed by atoms with Gasteiger partial charge in [-0.25, -0.2) is 0 Å². The van der Waals surface area contributed by atoms with Crippen molar-refractivity contribution in [3.8, 4) is 11.5 Å². The Morgan fingerprint density at radius 3 is 1.37 bits per heavy atom. The Balaban J connectivity index is 1.47. The van der Waals surface area contributed by atoms with Gasteiger partial charge < -0.3 is 98.5 Å². The Morgan fingerprint density at radius 2 is 0.871 bits per heavy atom. The first-order valence-electron chi connectivity index (χ1n) is 40.7. The van der Waals surface area contributed by atoms with Gasteiger partial charge in [0.05, 0.1) is 31.8 Å². The minimum absolute atomic E-state index is 0.0213. The fourth-order valence-electron chi connectivity index (χ4n) is 13.8. The summed E-state index contributed by atoms with van der Waals surface area (Å²) < 4.78 is 0. The van der Waals surface area contributed by atoms with E-state index < -0.39 is 229 Å². The van der Waals surface area contributed by atoms with Crippen molar-refractivity contribution >= 4 is 112 Å². The number of phenolic OH excluding ortho intramolecular Hbond substituents is 2. The molecule has 1 heterocycles. The monoisotopic (exact) mass is 1740 g/mol. The number of nitrogens with zero attached hydrogens (tertiary/aromatic N) is 5. The van der Waals surface area contributed by atoms with Crippen molar-refractivity contribution in [2.24, 2.45) is 17.6 Å². The Morgan fingerprint density at radius 1 is 0.444 bits per heavy atom. The van der Waals surface area contributed by atoms with Gasteiger partial charge in [-0.2, -0.15) is 0 Å². The van der Waals surface area contributed by atoms with Gasteiger partial charge in [0, 0.05) is 79.5 Å². The van der Waals surface area contributed by atoms with Crippen molar-refractivity contribution in [2.45, 2.75) is 178 Å². The van der Waals surface area contributed by atoms with Crippen molar-refractivity contribution < 1.29 is 102 Å². The number of carboxylic acids is 2. The highest BCUT2D eigenvalue weighted by molar-refractivity contribution is 8.00. The number of rotatable bonds is 24. The molecule has 36 nitrogen and oxygen atoms in total. The molecule has 0 aromatic heterocycles. The van der Waals surface area contributed by atoms with Crippen LogP contribution in [0, 0.1) is 11.8 Å². The molecular formula is C87H115N15O21S. The summed E-state index contributed by atoms with van der Waals surface area (Å²) in [6.45, 7) is 5.90. The molecule has 5 aromatic carbocycles. The number of primary amides is 1. The zero-order valence-corrected chi connectivity index (χ0v) is 72.1. The molecule has 1 aliphatic rings. The molecule has 1 fully saturated rings. The summed E-state index contributed by atoms with van der Waals surface area (Å²) in [5, 5.41) is 63.7. The number of carbonyl (C=O) groups is 17. The molecular weight excluding hydrogens is 1620 g/mol. The molecule has 5 aromatic rings. The van der Waals surface area contributed by atoms with Gasteiger partial charge in [-0.15, -0.1) is 11.8 Å². The molecule has 1 aliphatic heterocycles. The number of aromatic hydroxyl groups is 2. The van der Waals surface area contributed by atoms with Gasteiger partial charge in [0.25, 0.3) is 0 Å². The molecule has 15 amide bonds. The van der Waals surface area contributed by atoms with Gasteiger partial charge in [0.2, 0.25) is 88.6 Å². The van der Waals surface area contributed by atoms with Gasteiger partial charge in [-0.3, -0.25) is 81.5 Å². The summed E-state index contributed by atoms with van der Waals surface area (Å²) in [5.41, 5.74) is 7.73. The van der Waals surface area contributed by atoms with Crippen LogP contribution in [0.15, 0.2) is 140 Å². The fourth-order valence-corrected chi connectivity index (χ4v) is 14.6. The quantitative estimate of drug-likeness (QED) is 0.0399. The normalized spacial score (nSPS) is 22.2. The molecule has 0 bridgehead atoms. The van der Waals surface area contributed by atoms with Crippen LogP contribution in [0.5, 0.6) is 11.5 Å². The van der Waals surface area contributed by atoms with Gasteiger partial charge in [-0.1, -0.05) is 163 Å². The summed E-state index contributed by atoms with van der Waals surface area (Å²) in [4.78, 5) is 249. The van der Waals surface area contributed by atoms with Crippen molar-refractivity contribution in [1.82, 2.24) is 72.4 Å². The van der Waals surface area contributed by atoms with Crippen LogP contribution < -0.4 is 53.6 Å². The molecule has 37 heteroatoms. The second-order valence-electron chi connectivity index (χ2n) is 31.4. The predicted octanol–water partition coefficient (Wildman–Crippen LogP) is 0.467. The maximum Gasteiger partial charge on any atom is 0.305 e. The molecule has 0 spiro atoms. The van der Waals surface area contributed by atoms with Crippen molar-refractivity contribution in [3.63, 3.8) is 0 Å². The third kappa shape index (κ3) is 32.1. The SMILES string of the molecule is CCCC[C@H]1C(=O)N(C)CC(=O)N[C@@H](CC(=O)O)C(=O)N[C@@H](C(C)C)C(=O)N(C)[C@@H](Cc2ccccc2)C(=O)N[C@@H](Cc2ccc(O)cc2)C(=O)N(C)CC(=O)N[C@@H](CCC(=O)O)C(=O)N[C@@H](Cc2ccc(O)cc2)C(=O)N[C@@H](CC(C)C)C(=O)N[C@H](C(=O)NCC(N)=O)CSCC(=O)N[C@@H](Cc2ccccc2)C(=O)N(C)[C@@H](Cc2ccccc2)C(=O)N1C. The van der Waals surface area contributed by atoms with E-state index in [0.717, 1.165) is 36.3 Å². The zero-order chi connectivity index (χ0) is 91.6. The summed E-state index contributed by atoms with van der Waals surface area (Å²) in [6.07, 6.45) is -2.91. The number of phenols is 2. The third-order valence-electron chi connectivity index (χ3n) is 20.6. The average molecular weight is 1740 g/mol. The zero-order valence-electron chi connectivity index (χ0n) is 71.3. The number of nitrogens with one attached hydrogen (secondary N) is 9. The van der Waals surface area contributed by atoms with Crippen molar-refractivity contribution in [2.75, 3.05) is 66.4 Å². The number of benzene rings is 5. The van der Waals surface area contributed by atoms with Crippen LogP contribution in [-0.2, 0) is 114 Å². The largest absolute Gasteiger partial charge is 0.508 e. The van der Waals surface area contributed by atoms with E-state index in [4.69, 9.17) is 5.73 Å². The van der Waals surface area contributed by atoms with Crippen LogP contribution in [0.2, 0.25) is 0 Å². The highest BCUT2D eigenvalue weighted by atomic mass is 32.2. The van der Waals surface area contributed by atoms with Gasteiger partial charge in [0.15, 0.2) is 0 Å².